The fraction of sp³-hybridized carbons (Fsp3) is 0.364. The minimum atomic E-state index is -0.839. The first-order valence-electron chi connectivity index (χ1n) is 8.97. The molecule has 0 spiro atoms. The molecule has 136 valence electrons. The van der Waals surface area contributed by atoms with Crippen LogP contribution >= 0.6 is 0 Å². The van der Waals surface area contributed by atoms with Crippen molar-refractivity contribution in [3.05, 3.63) is 64.7 Å². The first-order valence-corrected chi connectivity index (χ1v) is 8.97. The van der Waals surface area contributed by atoms with E-state index in [9.17, 15) is 14.7 Å². The van der Waals surface area contributed by atoms with Gasteiger partial charge in [0, 0.05) is 16.8 Å². The van der Waals surface area contributed by atoms with Gasteiger partial charge in [0.2, 0.25) is 0 Å². The molecule has 26 heavy (non-hydrogen) atoms. The second-order valence-corrected chi connectivity index (χ2v) is 7.77. The molecule has 0 radical (unpaired) electrons. The van der Waals surface area contributed by atoms with Gasteiger partial charge in [0.05, 0.1) is 5.92 Å². The molecule has 1 amide bonds. The quantitative estimate of drug-likeness (QED) is 0.882. The molecular formula is C22H25NO3. The summed E-state index contributed by atoms with van der Waals surface area (Å²) in [6, 6.07) is 13.3. The number of carbonyl (C=O) groups is 2. The Morgan fingerprint density at radius 2 is 1.77 bits per heavy atom. The summed E-state index contributed by atoms with van der Waals surface area (Å²) in [5.41, 5.74) is 4.18. The van der Waals surface area contributed by atoms with Gasteiger partial charge in [-0.05, 0) is 69.9 Å². The zero-order chi connectivity index (χ0) is 19.1. The van der Waals surface area contributed by atoms with Gasteiger partial charge in [-0.2, -0.15) is 0 Å². The molecule has 1 N–H and O–H groups in total. The third kappa shape index (κ3) is 3.24. The molecule has 0 aromatic heterocycles. The molecule has 0 bridgehead atoms. The van der Waals surface area contributed by atoms with Crippen LogP contribution in [0.2, 0.25) is 0 Å². The number of hydrogen-bond acceptors (Lipinski definition) is 2. The van der Waals surface area contributed by atoms with Gasteiger partial charge < -0.3 is 10.0 Å². The number of benzene rings is 2. The van der Waals surface area contributed by atoms with E-state index in [1.165, 1.54) is 0 Å². The SMILES string of the molecule is Cc1ccc(C(=O)N2c3ccc(C(C)C(=O)O)cc3CCC2(C)C)cc1. The highest BCUT2D eigenvalue weighted by atomic mass is 16.4. The molecule has 2 aromatic rings. The zero-order valence-corrected chi connectivity index (χ0v) is 15.7. The second kappa shape index (κ2) is 6.60. The molecule has 4 nitrogen and oxygen atoms in total. The molecule has 0 saturated carbocycles. The van der Waals surface area contributed by atoms with E-state index in [1.54, 1.807) is 6.92 Å². The summed E-state index contributed by atoms with van der Waals surface area (Å²) in [4.78, 5) is 26.4. The van der Waals surface area contributed by atoms with Gasteiger partial charge in [0.25, 0.3) is 5.91 Å². The number of nitrogens with zero attached hydrogens (tertiary/aromatic N) is 1. The molecule has 2 aromatic carbocycles. The van der Waals surface area contributed by atoms with Crippen LogP contribution in [0, 0.1) is 6.92 Å². The number of aliphatic carboxylic acids is 1. The molecule has 1 aliphatic rings. The number of anilines is 1. The molecule has 4 heteroatoms. The predicted octanol–water partition coefficient (Wildman–Crippen LogP) is 4.55. The van der Waals surface area contributed by atoms with E-state index in [4.69, 9.17) is 0 Å². The van der Waals surface area contributed by atoms with Gasteiger partial charge in [-0.25, -0.2) is 0 Å². The fourth-order valence-electron chi connectivity index (χ4n) is 3.52. The largest absolute Gasteiger partial charge is 0.481 e. The number of amides is 1. The molecule has 0 fully saturated rings. The van der Waals surface area contributed by atoms with Crippen LogP contribution in [0.4, 0.5) is 5.69 Å². The van der Waals surface area contributed by atoms with Crippen LogP contribution in [-0.2, 0) is 11.2 Å². The average molecular weight is 351 g/mol. The maximum atomic E-state index is 13.2. The van der Waals surface area contributed by atoms with E-state index in [-0.39, 0.29) is 11.4 Å². The van der Waals surface area contributed by atoms with E-state index in [1.807, 2.05) is 54.3 Å². The van der Waals surface area contributed by atoms with Gasteiger partial charge in [-0.1, -0.05) is 29.8 Å². The first kappa shape index (κ1) is 18.2. The highest BCUT2D eigenvalue weighted by molar-refractivity contribution is 6.07. The highest BCUT2D eigenvalue weighted by Gasteiger charge is 2.37. The van der Waals surface area contributed by atoms with Crippen molar-refractivity contribution in [2.45, 2.75) is 52.0 Å². The Bertz CT molecular complexity index is 852. The van der Waals surface area contributed by atoms with Crippen molar-refractivity contribution in [2.75, 3.05) is 4.90 Å². The number of hydrogen-bond donors (Lipinski definition) is 1. The maximum Gasteiger partial charge on any atom is 0.310 e. The minimum absolute atomic E-state index is 0.0185. The van der Waals surface area contributed by atoms with Gasteiger partial charge in [-0.15, -0.1) is 0 Å². The van der Waals surface area contributed by atoms with Crippen LogP contribution in [0.25, 0.3) is 0 Å². The van der Waals surface area contributed by atoms with Crippen LogP contribution in [0.1, 0.15) is 60.2 Å². The normalized spacial score (nSPS) is 16.7. The summed E-state index contributed by atoms with van der Waals surface area (Å²) in [6.45, 7) is 7.84. The summed E-state index contributed by atoms with van der Waals surface area (Å²) < 4.78 is 0. The molecule has 1 unspecified atom stereocenters. The Morgan fingerprint density at radius 3 is 2.38 bits per heavy atom. The Hall–Kier alpha value is -2.62. The van der Waals surface area contributed by atoms with Crippen molar-refractivity contribution in [3.8, 4) is 0 Å². The van der Waals surface area contributed by atoms with Crippen molar-refractivity contribution in [1.29, 1.82) is 0 Å². The molecule has 3 rings (SSSR count). The van der Waals surface area contributed by atoms with Gasteiger partial charge in [0.1, 0.15) is 0 Å². The first-order chi connectivity index (χ1) is 12.2. The molecular weight excluding hydrogens is 326 g/mol. The summed E-state index contributed by atoms with van der Waals surface area (Å²) in [5.74, 6) is -1.42. The van der Waals surface area contributed by atoms with Crippen molar-refractivity contribution in [1.82, 2.24) is 0 Å². The van der Waals surface area contributed by atoms with Crippen molar-refractivity contribution >= 4 is 17.6 Å². The number of rotatable bonds is 3. The van der Waals surface area contributed by atoms with Crippen LogP contribution < -0.4 is 4.90 Å². The highest BCUT2D eigenvalue weighted by Crippen LogP contribution is 2.39. The number of aryl methyl sites for hydroxylation is 2. The zero-order valence-electron chi connectivity index (χ0n) is 15.7. The lowest BCUT2D eigenvalue weighted by Gasteiger charge is -2.43. The van der Waals surface area contributed by atoms with Crippen molar-refractivity contribution in [3.63, 3.8) is 0 Å². The van der Waals surface area contributed by atoms with E-state index in [0.717, 1.165) is 35.2 Å². The standard InChI is InChI=1S/C22H25NO3/c1-14-5-7-16(8-6-14)20(24)23-19-10-9-17(15(2)21(25)26)13-18(19)11-12-22(23,3)4/h5-10,13,15H,11-12H2,1-4H3,(H,25,26). The number of carboxylic acid groups (broad SMARTS) is 1. The topological polar surface area (TPSA) is 57.6 Å². The summed E-state index contributed by atoms with van der Waals surface area (Å²) >= 11 is 0. The van der Waals surface area contributed by atoms with Crippen LogP contribution in [-0.4, -0.2) is 22.5 Å². The fourth-order valence-corrected chi connectivity index (χ4v) is 3.52. The van der Waals surface area contributed by atoms with E-state index in [0.29, 0.717) is 5.56 Å². The lowest BCUT2D eigenvalue weighted by Crippen LogP contribution is -2.51. The summed E-state index contributed by atoms with van der Waals surface area (Å²) in [7, 11) is 0. The smallest absolute Gasteiger partial charge is 0.310 e. The number of carbonyl (C=O) groups excluding carboxylic acids is 1. The third-order valence-electron chi connectivity index (χ3n) is 5.33. The van der Waals surface area contributed by atoms with Gasteiger partial charge in [0.15, 0.2) is 0 Å². The van der Waals surface area contributed by atoms with Crippen molar-refractivity contribution in [2.24, 2.45) is 0 Å². The van der Waals surface area contributed by atoms with Crippen LogP contribution in [0.3, 0.4) is 0 Å². The Balaban J connectivity index is 2.04. The maximum absolute atomic E-state index is 13.2. The average Bonchev–Trinajstić information content (AvgIpc) is 2.60. The number of carboxylic acids is 1. The minimum Gasteiger partial charge on any atom is -0.481 e. The molecule has 0 aliphatic carbocycles. The molecule has 1 atom stereocenters. The summed E-state index contributed by atoms with van der Waals surface area (Å²) in [6.07, 6.45) is 1.67. The molecule has 0 saturated heterocycles. The van der Waals surface area contributed by atoms with Crippen LogP contribution in [0.5, 0.6) is 0 Å². The Kier molecular flexibility index (Phi) is 4.61. The predicted molar refractivity (Wildman–Crippen MR) is 103 cm³/mol. The second-order valence-electron chi connectivity index (χ2n) is 7.77. The van der Waals surface area contributed by atoms with Gasteiger partial charge in [-0.3, -0.25) is 9.59 Å². The van der Waals surface area contributed by atoms with Crippen molar-refractivity contribution < 1.29 is 14.7 Å². The van der Waals surface area contributed by atoms with E-state index in [2.05, 4.69) is 13.8 Å². The molecule has 1 aliphatic heterocycles. The van der Waals surface area contributed by atoms with E-state index >= 15 is 0 Å². The molecule has 1 heterocycles. The lowest BCUT2D eigenvalue weighted by molar-refractivity contribution is -0.138. The lowest BCUT2D eigenvalue weighted by atomic mass is 9.84. The third-order valence-corrected chi connectivity index (χ3v) is 5.33. The van der Waals surface area contributed by atoms with Crippen LogP contribution in [0.15, 0.2) is 42.5 Å². The number of fused-ring (bicyclic) bond motifs is 1. The Labute approximate surface area is 154 Å². The summed E-state index contributed by atoms with van der Waals surface area (Å²) in [5, 5.41) is 9.27. The van der Waals surface area contributed by atoms with Gasteiger partial charge >= 0.3 is 5.97 Å². The Morgan fingerprint density at radius 1 is 1.12 bits per heavy atom. The monoisotopic (exact) mass is 351 g/mol. The van der Waals surface area contributed by atoms with E-state index < -0.39 is 11.9 Å².